The fourth-order valence-corrected chi connectivity index (χ4v) is 4.40. The summed E-state index contributed by atoms with van der Waals surface area (Å²) in [6.45, 7) is 17.4. The van der Waals surface area contributed by atoms with Crippen molar-refractivity contribution in [2.24, 2.45) is 5.92 Å². The number of allylic oxidation sites excluding steroid dienone is 1. The normalized spacial score (nSPS) is 24.3. The van der Waals surface area contributed by atoms with Crippen molar-refractivity contribution in [3.63, 3.8) is 0 Å². The molecule has 33 heavy (non-hydrogen) atoms. The Balaban J connectivity index is 3.65. The van der Waals surface area contributed by atoms with Gasteiger partial charge in [0.2, 0.25) is 5.91 Å². The Morgan fingerprint density at radius 2 is 1.64 bits per heavy atom. The molecule has 190 valence electrons. The maximum atomic E-state index is 13.5. The molecule has 1 fully saturated rings. The number of hydrogen-bond donors (Lipinski definition) is 2. The van der Waals surface area contributed by atoms with Crippen LogP contribution in [0.1, 0.15) is 88.5 Å². The molecule has 0 aromatic heterocycles. The van der Waals surface area contributed by atoms with Crippen LogP contribution in [0.5, 0.6) is 0 Å². The summed E-state index contributed by atoms with van der Waals surface area (Å²) in [6.07, 6.45) is 4.44. The van der Waals surface area contributed by atoms with E-state index in [1.54, 1.807) is 48.5 Å². The fourth-order valence-electron chi connectivity index (χ4n) is 4.40. The molecule has 1 saturated heterocycles. The van der Waals surface area contributed by atoms with Gasteiger partial charge in [-0.3, -0.25) is 9.69 Å². The zero-order chi connectivity index (χ0) is 25.8. The Bertz CT molecular complexity index is 732. The molecular weight excluding hydrogens is 424 g/mol. The minimum Gasteiger partial charge on any atom is -0.458 e. The molecule has 0 saturated carbocycles. The molecule has 0 aromatic rings. The SMILES string of the molecule is C/C=C\[C@@H]1C[C@H](C(=O)OC(C)(C)C)N(C(=O)OC(C)(C)C)[C@H]1[C@@H](NC(C)=O)[C@@](C)(O)CCC. The molecule has 0 spiro atoms. The number of nitrogens with zero attached hydrogens (tertiary/aromatic N) is 1. The lowest BCUT2D eigenvalue weighted by Gasteiger charge is -2.43. The molecule has 1 heterocycles. The fraction of sp³-hybridized carbons (Fsp3) is 0.800. The molecule has 8 nitrogen and oxygen atoms in total. The lowest BCUT2D eigenvalue weighted by atomic mass is 9.81. The van der Waals surface area contributed by atoms with E-state index < -0.39 is 47.0 Å². The number of nitrogens with one attached hydrogen (secondary N) is 1. The molecule has 8 heteroatoms. The van der Waals surface area contributed by atoms with E-state index in [0.717, 1.165) is 0 Å². The lowest BCUT2D eigenvalue weighted by Crippen LogP contribution is -2.64. The van der Waals surface area contributed by atoms with E-state index >= 15 is 0 Å². The molecule has 5 atom stereocenters. The van der Waals surface area contributed by atoms with E-state index in [1.165, 1.54) is 11.8 Å². The van der Waals surface area contributed by atoms with Crippen LogP contribution in [0, 0.1) is 5.92 Å². The lowest BCUT2D eigenvalue weighted by molar-refractivity contribution is -0.161. The third-order valence-electron chi connectivity index (χ3n) is 5.44. The monoisotopic (exact) mass is 468 g/mol. The molecule has 1 aliphatic rings. The van der Waals surface area contributed by atoms with E-state index in [0.29, 0.717) is 19.3 Å². The third-order valence-corrected chi connectivity index (χ3v) is 5.44. The molecule has 0 bridgehead atoms. The number of likely N-dealkylation sites (tertiary alicyclic amines) is 1. The highest BCUT2D eigenvalue weighted by atomic mass is 16.6. The van der Waals surface area contributed by atoms with Crippen LogP contribution >= 0.6 is 0 Å². The van der Waals surface area contributed by atoms with Gasteiger partial charge in [0.15, 0.2) is 0 Å². The standard InChI is InChI=1S/C25H44N2O6/c1-11-13-17-15-18(21(29)32-23(4,5)6)27(22(30)33-24(7,8)9)19(17)20(26-16(3)28)25(10,31)14-12-2/h11,13,17-20,31H,12,14-15H2,1-10H3,(H,26,28)/b13-11-/t17-,18-,19-,20-,25+/m1/s1. The Morgan fingerprint density at radius 1 is 1.09 bits per heavy atom. The van der Waals surface area contributed by atoms with Gasteiger partial charge in [-0.1, -0.05) is 25.5 Å². The van der Waals surface area contributed by atoms with Gasteiger partial charge in [-0.05, 0) is 68.2 Å². The topological polar surface area (TPSA) is 105 Å². The van der Waals surface area contributed by atoms with Crippen LogP contribution in [0.2, 0.25) is 0 Å². The molecule has 1 rings (SSSR count). The van der Waals surface area contributed by atoms with Crippen molar-refractivity contribution < 1.29 is 29.0 Å². The van der Waals surface area contributed by atoms with Gasteiger partial charge in [-0.15, -0.1) is 0 Å². The Labute approximate surface area is 199 Å². The van der Waals surface area contributed by atoms with Gasteiger partial charge in [-0.2, -0.15) is 0 Å². The first-order valence-corrected chi connectivity index (χ1v) is 11.8. The van der Waals surface area contributed by atoms with E-state index in [1.807, 2.05) is 26.0 Å². The van der Waals surface area contributed by atoms with Gasteiger partial charge >= 0.3 is 12.1 Å². The minimum absolute atomic E-state index is 0.293. The summed E-state index contributed by atoms with van der Waals surface area (Å²) in [5.41, 5.74) is -2.86. The summed E-state index contributed by atoms with van der Waals surface area (Å²) in [6, 6.07) is -2.45. The molecule has 1 aliphatic heterocycles. The largest absolute Gasteiger partial charge is 0.458 e. The molecule has 0 unspecified atom stereocenters. The molecule has 0 aliphatic carbocycles. The highest BCUT2D eigenvalue weighted by Crippen LogP contribution is 2.39. The number of amides is 2. The van der Waals surface area contributed by atoms with E-state index in [9.17, 15) is 19.5 Å². The summed E-state index contributed by atoms with van der Waals surface area (Å²) >= 11 is 0. The first-order chi connectivity index (χ1) is 14.9. The van der Waals surface area contributed by atoms with Crippen LogP contribution in [0.4, 0.5) is 4.79 Å². The molecule has 0 radical (unpaired) electrons. The van der Waals surface area contributed by atoms with E-state index in [4.69, 9.17) is 9.47 Å². The second-order valence-electron chi connectivity index (χ2n) is 11.1. The number of rotatable bonds is 7. The first-order valence-electron chi connectivity index (χ1n) is 11.8. The Morgan fingerprint density at radius 3 is 2.06 bits per heavy atom. The van der Waals surface area contributed by atoms with Gasteiger partial charge in [-0.25, -0.2) is 9.59 Å². The van der Waals surface area contributed by atoms with Gasteiger partial charge < -0.3 is 19.9 Å². The number of carbonyl (C=O) groups excluding carboxylic acids is 3. The van der Waals surface area contributed by atoms with Crippen LogP contribution in [0.25, 0.3) is 0 Å². The third kappa shape index (κ3) is 8.32. The quantitative estimate of drug-likeness (QED) is 0.433. The first kappa shape index (κ1) is 28.9. The van der Waals surface area contributed by atoms with E-state index in [2.05, 4.69) is 5.32 Å². The predicted octanol–water partition coefficient (Wildman–Crippen LogP) is 3.95. The van der Waals surface area contributed by atoms with Gasteiger partial charge in [0.1, 0.15) is 17.2 Å². The smallest absolute Gasteiger partial charge is 0.411 e. The van der Waals surface area contributed by atoms with Crippen molar-refractivity contribution >= 4 is 18.0 Å². The molecular formula is C25H44N2O6. The molecule has 2 amide bonds. The average Bonchev–Trinajstić information content (AvgIpc) is 2.96. The number of ether oxygens (including phenoxy) is 2. The van der Waals surface area contributed by atoms with E-state index in [-0.39, 0.29) is 11.8 Å². The maximum absolute atomic E-state index is 13.5. The van der Waals surface area contributed by atoms with Crippen LogP contribution in [-0.4, -0.2) is 62.9 Å². The average molecular weight is 469 g/mol. The van der Waals surface area contributed by atoms with Crippen molar-refractivity contribution in [1.29, 1.82) is 0 Å². The molecule has 2 N–H and O–H groups in total. The van der Waals surface area contributed by atoms with Gasteiger partial charge in [0, 0.05) is 12.8 Å². The Kier molecular flexibility index (Phi) is 9.55. The summed E-state index contributed by atoms with van der Waals surface area (Å²) in [4.78, 5) is 40.2. The van der Waals surface area contributed by atoms with Crippen molar-refractivity contribution in [3.8, 4) is 0 Å². The summed E-state index contributed by atoms with van der Waals surface area (Å²) in [5, 5.41) is 14.2. The highest BCUT2D eigenvalue weighted by Gasteiger charge is 2.55. The summed E-state index contributed by atoms with van der Waals surface area (Å²) < 4.78 is 11.3. The van der Waals surface area contributed by atoms with Crippen molar-refractivity contribution in [2.45, 2.75) is 123 Å². The zero-order valence-electron chi connectivity index (χ0n) is 22.0. The van der Waals surface area contributed by atoms with Crippen molar-refractivity contribution in [3.05, 3.63) is 12.2 Å². The number of esters is 1. The van der Waals surface area contributed by atoms with Crippen molar-refractivity contribution in [2.75, 3.05) is 0 Å². The minimum atomic E-state index is -1.33. The Hall–Kier alpha value is -2.09. The number of carbonyl (C=O) groups is 3. The predicted molar refractivity (Wildman–Crippen MR) is 128 cm³/mol. The van der Waals surface area contributed by atoms with Crippen LogP contribution < -0.4 is 5.32 Å². The van der Waals surface area contributed by atoms with Gasteiger partial charge in [0.25, 0.3) is 0 Å². The number of hydrogen-bond acceptors (Lipinski definition) is 6. The zero-order valence-corrected chi connectivity index (χ0v) is 22.0. The summed E-state index contributed by atoms with van der Waals surface area (Å²) in [7, 11) is 0. The summed E-state index contributed by atoms with van der Waals surface area (Å²) in [5.74, 6) is -1.18. The molecule has 0 aromatic carbocycles. The van der Waals surface area contributed by atoms with Crippen LogP contribution in [0.3, 0.4) is 0 Å². The van der Waals surface area contributed by atoms with Crippen LogP contribution in [0.15, 0.2) is 12.2 Å². The number of aliphatic hydroxyl groups is 1. The van der Waals surface area contributed by atoms with Crippen LogP contribution in [-0.2, 0) is 19.1 Å². The second-order valence-corrected chi connectivity index (χ2v) is 11.1. The van der Waals surface area contributed by atoms with Crippen molar-refractivity contribution in [1.82, 2.24) is 10.2 Å². The highest BCUT2D eigenvalue weighted by molar-refractivity contribution is 5.83. The van der Waals surface area contributed by atoms with Gasteiger partial charge in [0.05, 0.1) is 17.7 Å². The second kappa shape index (κ2) is 10.9. The maximum Gasteiger partial charge on any atom is 0.411 e.